The zero-order chi connectivity index (χ0) is 21.0. The Morgan fingerprint density at radius 1 is 1.23 bits per heavy atom. The van der Waals surface area contributed by atoms with Crippen molar-refractivity contribution in [3.05, 3.63) is 40.2 Å². The second kappa shape index (κ2) is 7.21. The van der Waals surface area contributed by atoms with Crippen LogP contribution in [0.2, 0.25) is 0 Å². The number of aromatic amines is 1. The molecule has 0 atom stereocenters. The Balaban J connectivity index is 1.65. The van der Waals surface area contributed by atoms with Gasteiger partial charge in [0.05, 0.1) is 20.8 Å². The third-order valence-corrected chi connectivity index (χ3v) is 7.25. The molecule has 5 heterocycles. The van der Waals surface area contributed by atoms with E-state index in [1.165, 1.54) is 10.3 Å². The number of aryl methyl sites for hydroxylation is 2. The molecular weight excluding hydrogens is 396 g/mol. The van der Waals surface area contributed by atoms with E-state index in [0.717, 1.165) is 64.6 Å². The van der Waals surface area contributed by atoms with Gasteiger partial charge in [0.25, 0.3) is 5.91 Å². The van der Waals surface area contributed by atoms with Crippen LogP contribution in [0.15, 0.2) is 18.6 Å². The molecule has 5 rings (SSSR count). The number of fused-ring (bicyclic) bond motifs is 2. The molecular formula is C22H26N6OS. The quantitative estimate of drug-likeness (QED) is 0.527. The van der Waals surface area contributed by atoms with Gasteiger partial charge in [0.1, 0.15) is 6.33 Å². The van der Waals surface area contributed by atoms with Crippen molar-refractivity contribution >= 4 is 33.1 Å². The number of thiophene rings is 1. The number of nitrogens with one attached hydrogen (secondary N) is 2. The van der Waals surface area contributed by atoms with Crippen LogP contribution >= 0.6 is 11.3 Å². The van der Waals surface area contributed by atoms with Crippen molar-refractivity contribution in [2.24, 2.45) is 0 Å². The molecule has 0 spiro atoms. The third-order valence-electron chi connectivity index (χ3n) is 5.93. The van der Waals surface area contributed by atoms with Gasteiger partial charge in [-0.05, 0) is 42.5 Å². The second-order valence-corrected chi connectivity index (χ2v) is 9.33. The first-order valence-corrected chi connectivity index (χ1v) is 11.2. The van der Waals surface area contributed by atoms with E-state index in [1.807, 2.05) is 15.6 Å². The standard InChI is InChI=1S/C22H26N6OS/c1-12(2)16-18(15-9-13(3)21-24-11-25-28(21)10-15)26-17-14(4)19(30-20(16)17)22(29)27-7-5-23-6-8-27/h9-12,23,26H,5-8H2,1-4H3. The Morgan fingerprint density at radius 2 is 2.00 bits per heavy atom. The largest absolute Gasteiger partial charge is 0.353 e. The number of amides is 1. The predicted molar refractivity (Wildman–Crippen MR) is 120 cm³/mol. The van der Waals surface area contributed by atoms with E-state index in [0.29, 0.717) is 5.92 Å². The summed E-state index contributed by atoms with van der Waals surface area (Å²) in [5, 5.41) is 7.64. The van der Waals surface area contributed by atoms with Gasteiger partial charge < -0.3 is 15.2 Å². The molecule has 0 radical (unpaired) electrons. The van der Waals surface area contributed by atoms with Crippen molar-refractivity contribution in [3.63, 3.8) is 0 Å². The zero-order valence-corrected chi connectivity index (χ0v) is 18.6. The van der Waals surface area contributed by atoms with Gasteiger partial charge in [-0.25, -0.2) is 9.50 Å². The van der Waals surface area contributed by atoms with Crippen molar-refractivity contribution in [2.75, 3.05) is 26.2 Å². The van der Waals surface area contributed by atoms with Gasteiger partial charge in [-0.2, -0.15) is 5.10 Å². The van der Waals surface area contributed by atoms with E-state index in [4.69, 9.17) is 0 Å². The molecule has 7 nitrogen and oxygen atoms in total. The van der Waals surface area contributed by atoms with Crippen molar-refractivity contribution in [3.8, 4) is 11.3 Å². The summed E-state index contributed by atoms with van der Waals surface area (Å²) in [6.45, 7) is 11.8. The Morgan fingerprint density at radius 3 is 2.73 bits per heavy atom. The number of H-pyrrole nitrogens is 1. The highest BCUT2D eigenvalue weighted by molar-refractivity contribution is 7.21. The fraction of sp³-hybridized carbons (Fsp3) is 0.409. The molecule has 0 bridgehead atoms. The minimum Gasteiger partial charge on any atom is -0.353 e. The lowest BCUT2D eigenvalue weighted by Crippen LogP contribution is -2.46. The summed E-state index contributed by atoms with van der Waals surface area (Å²) >= 11 is 1.63. The fourth-order valence-electron chi connectivity index (χ4n) is 4.38. The summed E-state index contributed by atoms with van der Waals surface area (Å²) < 4.78 is 3.02. The van der Waals surface area contributed by atoms with E-state index in [1.54, 1.807) is 17.7 Å². The van der Waals surface area contributed by atoms with Crippen LogP contribution in [0.25, 0.3) is 27.1 Å². The van der Waals surface area contributed by atoms with Crippen LogP contribution in [-0.4, -0.2) is 56.6 Å². The highest BCUT2D eigenvalue weighted by atomic mass is 32.1. The monoisotopic (exact) mass is 422 g/mol. The van der Waals surface area contributed by atoms with Gasteiger partial charge in [-0.1, -0.05) is 13.8 Å². The summed E-state index contributed by atoms with van der Waals surface area (Å²) in [6.07, 6.45) is 3.61. The SMILES string of the molecule is Cc1c(C(=O)N2CCNCC2)sc2c(C(C)C)c(-c3cc(C)c4ncnn4c3)[nH]c12. The first kappa shape index (κ1) is 19.3. The maximum atomic E-state index is 13.2. The molecule has 8 heteroatoms. The Labute approximate surface area is 179 Å². The number of pyridine rings is 1. The number of carbonyl (C=O) groups is 1. The van der Waals surface area contributed by atoms with Gasteiger partial charge in [0, 0.05) is 37.9 Å². The number of nitrogens with zero attached hydrogens (tertiary/aromatic N) is 4. The number of rotatable bonds is 3. The lowest BCUT2D eigenvalue weighted by molar-refractivity contribution is 0.0740. The summed E-state index contributed by atoms with van der Waals surface area (Å²) in [4.78, 5) is 24.0. The highest BCUT2D eigenvalue weighted by Crippen LogP contribution is 2.42. The molecule has 0 saturated carbocycles. The first-order valence-electron chi connectivity index (χ1n) is 10.4. The zero-order valence-electron chi connectivity index (χ0n) is 17.7. The molecule has 1 fully saturated rings. The van der Waals surface area contributed by atoms with Gasteiger partial charge in [0.2, 0.25) is 0 Å². The number of aromatic nitrogens is 4. The van der Waals surface area contributed by atoms with Crippen molar-refractivity contribution in [1.29, 1.82) is 0 Å². The molecule has 4 aromatic heterocycles. The highest BCUT2D eigenvalue weighted by Gasteiger charge is 2.27. The lowest BCUT2D eigenvalue weighted by Gasteiger charge is -2.27. The van der Waals surface area contributed by atoms with Crippen LogP contribution in [0, 0.1) is 13.8 Å². The molecule has 0 aromatic carbocycles. The van der Waals surface area contributed by atoms with E-state index in [2.05, 4.69) is 54.1 Å². The lowest BCUT2D eigenvalue weighted by atomic mass is 9.99. The van der Waals surface area contributed by atoms with Crippen LogP contribution in [0.1, 0.15) is 46.1 Å². The van der Waals surface area contributed by atoms with Gasteiger partial charge >= 0.3 is 0 Å². The molecule has 1 amide bonds. The molecule has 1 saturated heterocycles. The third kappa shape index (κ3) is 2.94. The summed E-state index contributed by atoms with van der Waals surface area (Å²) in [5.74, 6) is 0.473. The van der Waals surface area contributed by atoms with Crippen LogP contribution in [0.4, 0.5) is 0 Å². The number of carbonyl (C=O) groups excluding carboxylic acids is 1. The van der Waals surface area contributed by atoms with Gasteiger partial charge in [-0.15, -0.1) is 11.3 Å². The first-order chi connectivity index (χ1) is 14.5. The summed E-state index contributed by atoms with van der Waals surface area (Å²) in [6, 6.07) is 2.16. The number of hydrogen-bond donors (Lipinski definition) is 2. The molecule has 0 unspecified atom stereocenters. The van der Waals surface area contributed by atoms with E-state index < -0.39 is 0 Å². The van der Waals surface area contributed by atoms with E-state index >= 15 is 0 Å². The normalized spacial score (nSPS) is 15.0. The number of hydrogen-bond acceptors (Lipinski definition) is 5. The molecule has 1 aliphatic rings. The molecule has 30 heavy (non-hydrogen) atoms. The maximum Gasteiger partial charge on any atom is 0.264 e. The molecule has 4 aromatic rings. The smallest absolute Gasteiger partial charge is 0.264 e. The minimum absolute atomic E-state index is 0.153. The van der Waals surface area contributed by atoms with Crippen molar-refractivity contribution in [2.45, 2.75) is 33.6 Å². The van der Waals surface area contributed by atoms with Crippen LogP contribution in [0.3, 0.4) is 0 Å². The van der Waals surface area contributed by atoms with Crippen molar-refractivity contribution < 1.29 is 4.79 Å². The second-order valence-electron chi connectivity index (χ2n) is 8.31. The fourth-order valence-corrected chi connectivity index (χ4v) is 5.81. The summed E-state index contributed by atoms with van der Waals surface area (Å²) in [5.41, 5.74) is 7.54. The molecule has 2 N–H and O–H groups in total. The minimum atomic E-state index is 0.153. The van der Waals surface area contributed by atoms with Crippen LogP contribution in [0.5, 0.6) is 0 Å². The molecule has 156 valence electrons. The molecule has 1 aliphatic heterocycles. The average molecular weight is 423 g/mol. The van der Waals surface area contributed by atoms with Crippen LogP contribution in [-0.2, 0) is 0 Å². The topological polar surface area (TPSA) is 78.3 Å². The summed E-state index contributed by atoms with van der Waals surface area (Å²) in [7, 11) is 0. The Hall–Kier alpha value is -2.71. The van der Waals surface area contributed by atoms with Crippen LogP contribution < -0.4 is 5.32 Å². The Bertz CT molecular complexity index is 1260. The number of piperazine rings is 1. The van der Waals surface area contributed by atoms with Gasteiger partial charge in [-0.3, -0.25) is 4.79 Å². The Kier molecular flexibility index (Phi) is 4.63. The average Bonchev–Trinajstić information content (AvgIpc) is 3.43. The van der Waals surface area contributed by atoms with E-state index in [9.17, 15) is 4.79 Å². The van der Waals surface area contributed by atoms with Crippen molar-refractivity contribution in [1.82, 2.24) is 29.8 Å². The maximum absolute atomic E-state index is 13.2. The predicted octanol–water partition coefficient (Wildman–Crippen LogP) is 3.72. The van der Waals surface area contributed by atoms with E-state index in [-0.39, 0.29) is 5.91 Å². The molecule has 0 aliphatic carbocycles. The van der Waals surface area contributed by atoms with Gasteiger partial charge in [0.15, 0.2) is 5.65 Å².